The molecule has 0 aliphatic carbocycles. The van der Waals surface area contributed by atoms with E-state index < -0.39 is 6.04 Å². The number of amides is 1. The lowest BCUT2D eigenvalue weighted by atomic mass is 10.1. The van der Waals surface area contributed by atoms with Gasteiger partial charge >= 0.3 is 0 Å². The number of carbonyl (C=O) groups excluding carboxylic acids is 1. The predicted octanol–water partition coefficient (Wildman–Crippen LogP) is -1.45. The van der Waals surface area contributed by atoms with Gasteiger partial charge in [-0.3, -0.25) is 4.79 Å². The Kier molecular flexibility index (Phi) is 7.57. The number of carbonyl (C=O) groups is 1. The molecule has 0 unspecified atom stereocenters. The first-order valence-corrected chi connectivity index (χ1v) is 4.56. The number of aliphatic hydroxyl groups excluding tert-OH is 1. The summed E-state index contributed by atoms with van der Waals surface area (Å²) in [5, 5.41) is 11.0. The van der Waals surface area contributed by atoms with Gasteiger partial charge in [-0.05, 0) is 19.4 Å². The van der Waals surface area contributed by atoms with E-state index in [4.69, 9.17) is 16.6 Å². The third kappa shape index (κ3) is 6.51. The maximum absolute atomic E-state index is 11.1. The molecule has 0 aliphatic heterocycles. The molecule has 0 bridgehead atoms. The molecule has 0 radical (unpaired) electrons. The first-order valence-electron chi connectivity index (χ1n) is 4.56. The van der Waals surface area contributed by atoms with Gasteiger partial charge in [-0.25, -0.2) is 0 Å². The van der Waals surface area contributed by atoms with Gasteiger partial charge in [0, 0.05) is 6.54 Å². The van der Waals surface area contributed by atoms with E-state index in [0.29, 0.717) is 13.0 Å². The number of unbranched alkanes of at least 4 members (excludes halogenated alkanes) is 1. The molecule has 5 nitrogen and oxygen atoms in total. The molecule has 0 aromatic carbocycles. The molecule has 0 saturated carbocycles. The summed E-state index contributed by atoms with van der Waals surface area (Å²) < 4.78 is 0. The smallest absolute Gasteiger partial charge is 0.236 e. The summed E-state index contributed by atoms with van der Waals surface area (Å²) in [7, 11) is 0. The van der Waals surface area contributed by atoms with Crippen molar-refractivity contribution in [3.63, 3.8) is 0 Å². The van der Waals surface area contributed by atoms with Gasteiger partial charge < -0.3 is 21.9 Å². The Morgan fingerprint density at radius 2 is 2.15 bits per heavy atom. The number of hydrogen-bond donors (Lipinski definition) is 4. The van der Waals surface area contributed by atoms with Crippen molar-refractivity contribution in [2.45, 2.75) is 25.3 Å². The zero-order valence-corrected chi connectivity index (χ0v) is 7.83. The largest absolute Gasteiger partial charge is 0.395 e. The zero-order valence-electron chi connectivity index (χ0n) is 7.83. The van der Waals surface area contributed by atoms with E-state index in [9.17, 15) is 4.79 Å². The van der Waals surface area contributed by atoms with E-state index in [1.807, 2.05) is 0 Å². The van der Waals surface area contributed by atoms with Crippen molar-refractivity contribution in [3.8, 4) is 0 Å². The summed E-state index contributed by atoms with van der Waals surface area (Å²) in [5.74, 6) is -0.203. The molecule has 78 valence electrons. The Balaban J connectivity index is 3.45. The van der Waals surface area contributed by atoms with E-state index in [2.05, 4.69) is 5.32 Å². The quantitative estimate of drug-likeness (QED) is 0.368. The summed E-state index contributed by atoms with van der Waals surface area (Å²) in [5.41, 5.74) is 10.9. The SMILES string of the molecule is NCCCC[C@H](N)C(=O)NCCO. The number of hydrogen-bond acceptors (Lipinski definition) is 4. The van der Waals surface area contributed by atoms with E-state index in [-0.39, 0.29) is 19.1 Å². The minimum Gasteiger partial charge on any atom is -0.395 e. The van der Waals surface area contributed by atoms with Crippen LogP contribution in [0.3, 0.4) is 0 Å². The van der Waals surface area contributed by atoms with Crippen LogP contribution in [0.5, 0.6) is 0 Å². The summed E-state index contributed by atoms with van der Waals surface area (Å²) in [6, 6.07) is -0.474. The van der Waals surface area contributed by atoms with Crippen molar-refractivity contribution < 1.29 is 9.90 Å². The highest BCUT2D eigenvalue weighted by Gasteiger charge is 2.11. The second-order valence-corrected chi connectivity index (χ2v) is 2.91. The van der Waals surface area contributed by atoms with Gasteiger partial charge in [0.05, 0.1) is 12.6 Å². The molecule has 1 amide bonds. The molecule has 13 heavy (non-hydrogen) atoms. The molecule has 6 N–H and O–H groups in total. The van der Waals surface area contributed by atoms with Crippen LogP contribution >= 0.6 is 0 Å². The van der Waals surface area contributed by atoms with Crippen molar-refractivity contribution in [3.05, 3.63) is 0 Å². The maximum atomic E-state index is 11.1. The molecule has 1 atom stereocenters. The van der Waals surface area contributed by atoms with Gasteiger partial charge in [0.2, 0.25) is 5.91 Å². The first-order chi connectivity index (χ1) is 6.22. The minimum absolute atomic E-state index is 0.0543. The topological polar surface area (TPSA) is 101 Å². The molecule has 0 aromatic heterocycles. The lowest BCUT2D eigenvalue weighted by Gasteiger charge is -2.10. The molecular formula is C8H19N3O2. The van der Waals surface area contributed by atoms with Gasteiger partial charge in [0.25, 0.3) is 0 Å². The van der Waals surface area contributed by atoms with Crippen LogP contribution in [0.25, 0.3) is 0 Å². The van der Waals surface area contributed by atoms with E-state index in [0.717, 1.165) is 12.8 Å². The molecule has 5 heteroatoms. The fraction of sp³-hybridized carbons (Fsp3) is 0.875. The van der Waals surface area contributed by atoms with E-state index in [1.54, 1.807) is 0 Å². The monoisotopic (exact) mass is 189 g/mol. The summed E-state index contributed by atoms with van der Waals surface area (Å²) in [6.45, 7) is 0.843. The van der Waals surface area contributed by atoms with Crippen LogP contribution in [0.15, 0.2) is 0 Å². The Bertz CT molecular complexity index is 141. The van der Waals surface area contributed by atoms with Crippen molar-refractivity contribution in [2.75, 3.05) is 19.7 Å². The van der Waals surface area contributed by atoms with Gasteiger partial charge in [-0.15, -0.1) is 0 Å². The van der Waals surface area contributed by atoms with Crippen molar-refractivity contribution in [1.82, 2.24) is 5.32 Å². The zero-order chi connectivity index (χ0) is 10.1. The van der Waals surface area contributed by atoms with Crippen molar-refractivity contribution >= 4 is 5.91 Å². The summed E-state index contributed by atoms with van der Waals surface area (Å²) >= 11 is 0. The second kappa shape index (κ2) is 7.97. The van der Waals surface area contributed by atoms with Crippen LogP contribution in [0.1, 0.15) is 19.3 Å². The Morgan fingerprint density at radius 3 is 2.69 bits per heavy atom. The standard InChI is InChI=1S/C8H19N3O2/c9-4-2-1-3-7(10)8(13)11-5-6-12/h7,12H,1-6,9-10H2,(H,11,13)/t7-/m0/s1. The minimum atomic E-state index is -0.474. The van der Waals surface area contributed by atoms with Crippen LogP contribution in [0, 0.1) is 0 Å². The Labute approximate surface area is 78.5 Å². The molecular weight excluding hydrogens is 170 g/mol. The lowest BCUT2D eigenvalue weighted by molar-refractivity contribution is -0.122. The normalized spacial score (nSPS) is 12.5. The van der Waals surface area contributed by atoms with Crippen molar-refractivity contribution in [2.24, 2.45) is 11.5 Å². The lowest BCUT2D eigenvalue weighted by Crippen LogP contribution is -2.41. The van der Waals surface area contributed by atoms with Crippen molar-refractivity contribution in [1.29, 1.82) is 0 Å². The van der Waals surface area contributed by atoms with Gasteiger partial charge in [0.15, 0.2) is 0 Å². The highest BCUT2D eigenvalue weighted by atomic mass is 16.3. The molecule has 0 rings (SSSR count). The molecule has 0 fully saturated rings. The third-order valence-corrected chi connectivity index (χ3v) is 1.72. The van der Waals surface area contributed by atoms with Gasteiger partial charge in [-0.1, -0.05) is 6.42 Å². The van der Waals surface area contributed by atoms with Crippen LogP contribution < -0.4 is 16.8 Å². The fourth-order valence-corrected chi connectivity index (χ4v) is 0.950. The molecule has 0 saturated heterocycles. The first kappa shape index (κ1) is 12.3. The average molecular weight is 189 g/mol. The van der Waals surface area contributed by atoms with Gasteiger partial charge in [-0.2, -0.15) is 0 Å². The highest BCUT2D eigenvalue weighted by Crippen LogP contribution is 1.97. The average Bonchev–Trinajstić information content (AvgIpc) is 2.14. The number of nitrogens with two attached hydrogens (primary N) is 2. The van der Waals surface area contributed by atoms with Crippen LogP contribution in [-0.4, -0.2) is 36.8 Å². The Hall–Kier alpha value is -0.650. The van der Waals surface area contributed by atoms with E-state index in [1.165, 1.54) is 0 Å². The fourth-order valence-electron chi connectivity index (χ4n) is 0.950. The summed E-state index contributed by atoms with van der Waals surface area (Å²) in [6.07, 6.45) is 2.40. The highest BCUT2D eigenvalue weighted by molar-refractivity contribution is 5.81. The maximum Gasteiger partial charge on any atom is 0.236 e. The Morgan fingerprint density at radius 1 is 1.46 bits per heavy atom. The van der Waals surface area contributed by atoms with Crippen LogP contribution in [0.4, 0.5) is 0 Å². The van der Waals surface area contributed by atoms with Crippen LogP contribution in [-0.2, 0) is 4.79 Å². The molecule has 0 heterocycles. The predicted molar refractivity (Wildman–Crippen MR) is 51.0 cm³/mol. The van der Waals surface area contributed by atoms with Gasteiger partial charge in [0.1, 0.15) is 0 Å². The number of rotatable bonds is 7. The number of nitrogens with one attached hydrogen (secondary N) is 1. The number of aliphatic hydroxyl groups is 1. The molecule has 0 aromatic rings. The van der Waals surface area contributed by atoms with E-state index >= 15 is 0 Å². The second-order valence-electron chi connectivity index (χ2n) is 2.91. The molecule has 0 spiro atoms. The third-order valence-electron chi connectivity index (χ3n) is 1.72. The summed E-state index contributed by atoms with van der Waals surface area (Å²) in [4.78, 5) is 11.1. The van der Waals surface area contributed by atoms with Crippen LogP contribution in [0.2, 0.25) is 0 Å². The molecule has 0 aliphatic rings.